The third kappa shape index (κ3) is 5.55. The lowest BCUT2D eigenvalue weighted by atomic mass is 10.2. The zero-order valence-electron chi connectivity index (χ0n) is 17.2. The van der Waals surface area contributed by atoms with Crippen LogP contribution in [0, 0.1) is 0 Å². The highest BCUT2D eigenvalue weighted by molar-refractivity contribution is 7.09. The van der Waals surface area contributed by atoms with E-state index >= 15 is 0 Å². The number of pyridine rings is 1. The van der Waals surface area contributed by atoms with Gasteiger partial charge in [0.15, 0.2) is 0 Å². The van der Waals surface area contributed by atoms with Gasteiger partial charge < -0.3 is 14.6 Å². The zero-order valence-corrected chi connectivity index (χ0v) is 18.0. The number of hydrogen-bond donors (Lipinski definition) is 1. The number of aryl methyl sites for hydroxylation is 2. The third-order valence-corrected chi connectivity index (χ3v) is 5.69. The molecule has 0 bridgehead atoms. The summed E-state index contributed by atoms with van der Waals surface area (Å²) in [5.74, 6) is 1.45. The minimum Gasteiger partial charge on any atom is -0.486 e. The molecule has 1 aromatic carbocycles. The second-order valence-electron chi connectivity index (χ2n) is 6.99. The first kappa shape index (κ1) is 20.7. The molecule has 0 saturated heterocycles. The molecule has 0 saturated carbocycles. The molecule has 3 aromatic heterocycles. The number of nitrogens with one attached hydrogen (secondary N) is 1. The zero-order chi connectivity index (χ0) is 21.5. The molecule has 7 nitrogen and oxygen atoms in total. The molecule has 0 aliphatic rings. The van der Waals surface area contributed by atoms with Gasteiger partial charge in [0.1, 0.15) is 18.2 Å². The number of imidazole rings is 1. The van der Waals surface area contributed by atoms with Gasteiger partial charge in [0.25, 0.3) is 5.91 Å². The van der Waals surface area contributed by atoms with Crippen molar-refractivity contribution in [1.29, 1.82) is 0 Å². The first-order valence-corrected chi connectivity index (χ1v) is 10.9. The molecular formula is C23H23N5O2S. The molecular weight excluding hydrogens is 410 g/mol. The number of hydrogen-bond acceptors (Lipinski definition) is 6. The van der Waals surface area contributed by atoms with Crippen LogP contribution in [0.15, 0.2) is 66.6 Å². The number of carbonyl (C=O) groups is 1. The maximum absolute atomic E-state index is 12.4. The molecule has 31 heavy (non-hydrogen) atoms. The van der Waals surface area contributed by atoms with Gasteiger partial charge in [-0.1, -0.05) is 0 Å². The number of benzene rings is 1. The van der Waals surface area contributed by atoms with Crippen molar-refractivity contribution in [1.82, 2.24) is 24.8 Å². The molecule has 158 valence electrons. The number of carbonyl (C=O) groups excluding carboxylic acids is 1. The van der Waals surface area contributed by atoms with Gasteiger partial charge in [-0.2, -0.15) is 0 Å². The van der Waals surface area contributed by atoms with E-state index in [-0.39, 0.29) is 5.91 Å². The number of rotatable bonds is 9. The van der Waals surface area contributed by atoms with Gasteiger partial charge in [0.2, 0.25) is 0 Å². The maximum Gasteiger partial charge on any atom is 0.251 e. The highest BCUT2D eigenvalue weighted by Gasteiger charge is 2.08. The van der Waals surface area contributed by atoms with Crippen molar-refractivity contribution >= 4 is 17.2 Å². The van der Waals surface area contributed by atoms with Gasteiger partial charge >= 0.3 is 0 Å². The Labute approximate surface area is 184 Å². The average Bonchev–Trinajstić information content (AvgIpc) is 3.45. The minimum absolute atomic E-state index is 0.0905. The monoisotopic (exact) mass is 433 g/mol. The predicted molar refractivity (Wildman–Crippen MR) is 120 cm³/mol. The average molecular weight is 434 g/mol. The maximum atomic E-state index is 12.4. The van der Waals surface area contributed by atoms with Crippen LogP contribution in [-0.2, 0) is 20.1 Å². The van der Waals surface area contributed by atoms with Gasteiger partial charge in [0, 0.05) is 61.3 Å². The molecule has 0 aliphatic heterocycles. The Bertz CT molecular complexity index is 1120. The Hall–Kier alpha value is -3.52. The number of ether oxygens (including phenoxy) is 1. The molecule has 1 amide bonds. The smallest absolute Gasteiger partial charge is 0.251 e. The van der Waals surface area contributed by atoms with E-state index in [2.05, 4.69) is 25.6 Å². The van der Waals surface area contributed by atoms with E-state index in [1.54, 1.807) is 54.2 Å². The summed E-state index contributed by atoms with van der Waals surface area (Å²) in [6.07, 6.45) is 8.81. The second kappa shape index (κ2) is 9.99. The van der Waals surface area contributed by atoms with E-state index in [1.807, 2.05) is 29.9 Å². The van der Waals surface area contributed by atoms with Crippen LogP contribution in [0.1, 0.15) is 27.6 Å². The van der Waals surface area contributed by atoms with Gasteiger partial charge in [-0.25, -0.2) is 9.97 Å². The van der Waals surface area contributed by atoms with Crippen LogP contribution in [0.5, 0.6) is 5.75 Å². The second-order valence-corrected chi connectivity index (χ2v) is 7.93. The van der Waals surface area contributed by atoms with Gasteiger partial charge in [-0.05, 0) is 42.8 Å². The summed E-state index contributed by atoms with van der Waals surface area (Å²) in [5.41, 5.74) is 2.65. The predicted octanol–water partition coefficient (Wildman–Crippen LogP) is 3.88. The fourth-order valence-corrected chi connectivity index (χ4v) is 3.86. The van der Waals surface area contributed by atoms with E-state index in [9.17, 15) is 4.79 Å². The van der Waals surface area contributed by atoms with Crippen LogP contribution in [0.3, 0.4) is 0 Å². The molecule has 0 radical (unpaired) electrons. The summed E-state index contributed by atoms with van der Waals surface area (Å²) in [5, 5.41) is 6.09. The first-order valence-electron chi connectivity index (χ1n) is 10.0. The van der Waals surface area contributed by atoms with E-state index in [4.69, 9.17) is 4.74 Å². The largest absolute Gasteiger partial charge is 0.486 e. The van der Waals surface area contributed by atoms with Crippen LogP contribution in [0.25, 0.3) is 11.3 Å². The number of amides is 1. The molecule has 1 N–H and O–H groups in total. The highest BCUT2D eigenvalue weighted by Crippen LogP contribution is 2.21. The van der Waals surface area contributed by atoms with Crippen LogP contribution >= 0.6 is 11.3 Å². The summed E-state index contributed by atoms with van der Waals surface area (Å²) in [4.78, 5) is 25.3. The van der Waals surface area contributed by atoms with Crippen molar-refractivity contribution < 1.29 is 9.53 Å². The molecule has 0 spiro atoms. The summed E-state index contributed by atoms with van der Waals surface area (Å²) in [6, 6.07) is 11.0. The molecule has 0 atom stereocenters. The molecule has 8 heteroatoms. The van der Waals surface area contributed by atoms with E-state index in [0.29, 0.717) is 24.5 Å². The fourth-order valence-electron chi connectivity index (χ4n) is 3.01. The SMILES string of the molecule is Cn1ccnc1COc1ccc(C(=O)NCCCc2nc(-c3ccncc3)cs2)cc1. The van der Waals surface area contributed by atoms with Crippen molar-refractivity contribution in [3.63, 3.8) is 0 Å². The van der Waals surface area contributed by atoms with Gasteiger partial charge in [0.05, 0.1) is 10.7 Å². The highest BCUT2D eigenvalue weighted by atomic mass is 32.1. The van der Waals surface area contributed by atoms with Crippen molar-refractivity contribution in [3.05, 3.63) is 83.0 Å². The lowest BCUT2D eigenvalue weighted by Gasteiger charge is -2.08. The molecule has 3 heterocycles. The number of nitrogens with zero attached hydrogens (tertiary/aromatic N) is 4. The Morgan fingerprint density at radius 1 is 1.13 bits per heavy atom. The summed E-state index contributed by atoms with van der Waals surface area (Å²) in [6.45, 7) is 0.981. The van der Waals surface area contributed by atoms with Crippen LogP contribution < -0.4 is 10.1 Å². The summed E-state index contributed by atoms with van der Waals surface area (Å²) in [7, 11) is 1.92. The standard InChI is InChI=1S/C23H23N5O2S/c1-28-14-13-25-21(28)15-30-19-6-4-18(5-7-19)23(29)26-10-2-3-22-27-20(16-31-22)17-8-11-24-12-9-17/h4-9,11-14,16H,2-3,10,15H2,1H3,(H,26,29). The lowest BCUT2D eigenvalue weighted by molar-refractivity contribution is 0.0953. The van der Waals surface area contributed by atoms with Gasteiger partial charge in [-0.15, -0.1) is 11.3 Å². The molecule has 0 fully saturated rings. The van der Waals surface area contributed by atoms with E-state index in [0.717, 1.165) is 34.9 Å². The fraction of sp³-hybridized carbons (Fsp3) is 0.217. The van der Waals surface area contributed by atoms with Crippen molar-refractivity contribution in [2.75, 3.05) is 6.54 Å². The lowest BCUT2D eigenvalue weighted by Crippen LogP contribution is -2.24. The quantitative estimate of drug-likeness (QED) is 0.405. The van der Waals surface area contributed by atoms with Crippen molar-refractivity contribution in [2.45, 2.75) is 19.4 Å². The minimum atomic E-state index is -0.0905. The summed E-state index contributed by atoms with van der Waals surface area (Å²) < 4.78 is 7.63. The molecule has 4 aromatic rings. The number of aromatic nitrogens is 4. The van der Waals surface area contributed by atoms with Crippen molar-refractivity contribution in [2.24, 2.45) is 7.05 Å². The summed E-state index contributed by atoms with van der Waals surface area (Å²) >= 11 is 1.64. The topological polar surface area (TPSA) is 81.9 Å². The van der Waals surface area contributed by atoms with Crippen LogP contribution in [0.2, 0.25) is 0 Å². The molecule has 0 unspecified atom stereocenters. The first-order chi connectivity index (χ1) is 15.2. The molecule has 4 rings (SSSR count). The van der Waals surface area contributed by atoms with E-state index in [1.165, 1.54) is 0 Å². The van der Waals surface area contributed by atoms with E-state index < -0.39 is 0 Å². The van der Waals surface area contributed by atoms with Crippen molar-refractivity contribution in [3.8, 4) is 17.0 Å². The third-order valence-electron chi connectivity index (χ3n) is 4.79. The Kier molecular flexibility index (Phi) is 6.68. The normalized spacial score (nSPS) is 10.7. The van der Waals surface area contributed by atoms with Crippen LogP contribution in [0.4, 0.5) is 0 Å². The Morgan fingerprint density at radius 3 is 2.68 bits per heavy atom. The van der Waals surface area contributed by atoms with Crippen LogP contribution in [-0.4, -0.2) is 32.0 Å². The Balaban J connectivity index is 1.20. The van der Waals surface area contributed by atoms with Gasteiger partial charge in [-0.3, -0.25) is 9.78 Å². The molecule has 0 aliphatic carbocycles. The Morgan fingerprint density at radius 2 is 1.94 bits per heavy atom. The number of thiazole rings is 1.